The lowest BCUT2D eigenvalue weighted by Gasteiger charge is -2.09. The molecule has 0 bridgehead atoms. The largest absolute Gasteiger partial charge is 0.461 e. The number of rotatable bonds is 6. The van der Waals surface area contributed by atoms with Crippen molar-refractivity contribution in [2.24, 2.45) is 0 Å². The molecule has 0 unspecified atom stereocenters. The summed E-state index contributed by atoms with van der Waals surface area (Å²) in [5.74, 6) is -0.342. The number of benzene rings is 2. The van der Waals surface area contributed by atoms with E-state index in [1.54, 1.807) is 23.7 Å². The standard InChI is InChI=1S/C22H23N3O3/c1-4-28-22(27)19-13-20(23-21(26)18-11-7-16(3)8-12-18)25(24-19)14-17-9-5-15(2)6-10-17/h5-13H,4,14H2,1-3H3,(H,23,26). The minimum Gasteiger partial charge on any atom is -0.461 e. The van der Waals surface area contributed by atoms with Crippen molar-refractivity contribution in [1.82, 2.24) is 9.78 Å². The third kappa shape index (κ3) is 4.65. The number of aromatic nitrogens is 2. The molecule has 6 heteroatoms. The van der Waals surface area contributed by atoms with Crippen LogP contribution in [0, 0.1) is 13.8 Å². The van der Waals surface area contributed by atoms with Gasteiger partial charge in [-0.25, -0.2) is 9.48 Å². The van der Waals surface area contributed by atoms with E-state index in [0.29, 0.717) is 17.9 Å². The van der Waals surface area contributed by atoms with E-state index in [0.717, 1.165) is 16.7 Å². The van der Waals surface area contributed by atoms with E-state index >= 15 is 0 Å². The summed E-state index contributed by atoms with van der Waals surface area (Å²) in [6.45, 7) is 6.40. The fourth-order valence-electron chi connectivity index (χ4n) is 2.70. The third-order valence-corrected chi connectivity index (χ3v) is 4.27. The van der Waals surface area contributed by atoms with Gasteiger partial charge in [0.15, 0.2) is 5.69 Å². The number of anilines is 1. The molecule has 1 aromatic heterocycles. The summed E-state index contributed by atoms with van der Waals surface area (Å²) in [7, 11) is 0. The Bertz CT molecular complexity index is 973. The molecule has 0 aliphatic heterocycles. The molecule has 0 aliphatic rings. The maximum Gasteiger partial charge on any atom is 0.358 e. The van der Waals surface area contributed by atoms with Crippen molar-refractivity contribution in [2.45, 2.75) is 27.3 Å². The highest BCUT2D eigenvalue weighted by Crippen LogP contribution is 2.16. The lowest BCUT2D eigenvalue weighted by Crippen LogP contribution is -2.16. The number of carbonyl (C=O) groups is 2. The topological polar surface area (TPSA) is 73.2 Å². The van der Waals surface area contributed by atoms with Crippen LogP contribution in [-0.2, 0) is 11.3 Å². The van der Waals surface area contributed by atoms with Crippen LogP contribution in [0.3, 0.4) is 0 Å². The van der Waals surface area contributed by atoms with Crippen LogP contribution in [0.1, 0.15) is 44.5 Å². The highest BCUT2D eigenvalue weighted by atomic mass is 16.5. The Hall–Kier alpha value is -3.41. The van der Waals surface area contributed by atoms with Crippen LogP contribution in [0.2, 0.25) is 0 Å². The minimum atomic E-state index is -0.518. The Balaban J connectivity index is 1.88. The summed E-state index contributed by atoms with van der Waals surface area (Å²) in [5, 5.41) is 7.18. The molecule has 0 fully saturated rings. The van der Waals surface area contributed by atoms with Crippen LogP contribution in [0.25, 0.3) is 0 Å². The van der Waals surface area contributed by atoms with Gasteiger partial charge in [0.1, 0.15) is 5.82 Å². The van der Waals surface area contributed by atoms with Crippen molar-refractivity contribution in [2.75, 3.05) is 11.9 Å². The van der Waals surface area contributed by atoms with Crippen molar-refractivity contribution >= 4 is 17.7 Å². The predicted molar refractivity (Wildman–Crippen MR) is 108 cm³/mol. The molecule has 28 heavy (non-hydrogen) atoms. The van der Waals surface area contributed by atoms with Crippen LogP contribution >= 0.6 is 0 Å². The van der Waals surface area contributed by atoms with Crippen molar-refractivity contribution < 1.29 is 14.3 Å². The molecule has 0 atom stereocenters. The number of nitrogens with zero attached hydrogens (tertiary/aromatic N) is 2. The summed E-state index contributed by atoms with van der Waals surface area (Å²) in [6, 6.07) is 16.8. The molecule has 2 aromatic carbocycles. The Labute approximate surface area is 164 Å². The van der Waals surface area contributed by atoms with Gasteiger partial charge in [-0.05, 0) is 38.5 Å². The molecule has 0 aliphatic carbocycles. The summed E-state index contributed by atoms with van der Waals surface area (Å²) in [5.41, 5.74) is 3.93. The van der Waals surface area contributed by atoms with Gasteiger partial charge < -0.3 is 10.1 Å². The molecule has 3 rings (SSSR count). The monoisotopic (exact) mass is 377 g/mol. The summed E-state index contributed by atoms with van der Waals surface area (Å²) >= 11 is 0. The van der Waals surface area contributed by atoms with Crippen LogP contribution in [0.15, 0.2) is 54.6 Å². The first kappa shape index (κ1) is 19.4. The molecule has 1 heterocycles. The summed E-state index contributed by atoms with van der Waals surface area (Å²) in [4.78, 5) is 24.7. The average Bonchev–Trinajstić information content (AvgIpc) is 3.07. The number of hydrogen-bond acceptors (Lipinski definition) is 4. The highest BCUT2D eigenvalue weighted by Gasteiger charge is 2.18. The number of aryl methyl sites for hydroxylation is 2. The molecular weight excluding hydrogens is 354 g/mol. The second-order valence-electron chi connectivity index (χ2n) is 6.60. The zero-order valence-corrected chi connectivity index (χ0v) is 16.2. The summed E-state index contributed by atoms with van der Waals surface area (Å²) < 4.78 is 6.64. The normalized spacial score (nSPS) is 10.5. The number of carbonyl (C=O) groups excluding carboxylic acids is 2. The predicted octanol–water partition coefficient (Wildman–Crippen LogP) is 3.98. The number of amides is 1. The fourth-order valence-corrected chi connectivity index (χ4v) is 2.70. The summed E-state index contributed by atoms with van der Waals surface area (Å²) in [6.07, 6.45) is 0. The maximum atomic E-state index is 12.6. The van der Waals surface area contributed by atoms with Gasteiger partial charge in [-0.15, -0.1) is 0 Å². The second kappa shape index (κ2) is 8.52. The van der Waals surface area contributed by atoms with Gasteiger partial charge in [-0.3, -0.25) is 4.79 Å². The molecule has 0 radical (unpaired) electrons. The van der Waals surface area contributed by atoms with Crippen LogP contribution < -0.4 is 5.32 Å². The van der Waals surface area contributed by atoms with Crippen molar-refractivity contribution in [1.29, 1.82) is 0 Å². The van der Waals surface area contributed by atoms with Crippen molar-refractivity contribution in [3.63, 3.8) is 0 Å². The zero-order valence-electron chi connectivity index (χ0n) is 16.2. The quantitative estimate of drug-likeness (QED) is 0.660. The van der Waals surface area contributed by atoms with E-state index in [9.17, 15) is 9.59 Å². The van der Waals surface area contributed by atoms with Gasteiger partial charge in [0.25, 0.3) is 5.91 Å². The Morgan fingerprint density at radius 1 is 1.00 bits per heavy atom. The van der Waals surface area contributed by atoms with E-state index in [4.69, 9.17) is 4.74 Å². The Kier molecular flexibility index (Phi) is 5.89. The van der Waals surface area contributed by atoms with Crippen LogP contribution in [0.5, 0.6) is 0 Å². The highest BCUT2D eigenvalue weighted by molar-refractivity contribution is 6.04. The maximum absolute atomic E-state index is 12.6. The molecule has 0 spiro atoms. The first-order chi connectivity index (χ1) is 13.5. The Morgan fingerprint density at radius 3 is 2.21 bits per heavy atom. The fraction of sp³-hybridized carbons (Fsp3) is 0.227. The molecule has 1 amide bonds. The molecule has 3 aromatic rings. The van der Waals surface area contributed by atoms with Crippen LogP contribution in [0.4, 0.5) is 5.82 Å². The van der Waals surface area contributed by atoms with E-state index in [-0.39, 0.29) is 18.2 Å². The number of ether oxygens (including phenoxy) is 1. The first-order valence-electron chi connectivity index (χ1n) is 9.15. The van der Waals surface area contributed by atoms with Gasteiger partial charge >= 0.3 is 5.97 Å². The molecule has 6 nitrogen and oxygen atoms in total. The van der Waals surface area contributed by atoms with Gasteiger partial charge in [0, 0.05) is 11.6 Å². The third-order valence-electron chi connectivity index (χ3n) is 4.27. The molecule has 0 saturated carbocycles. The van der Waals surface area contributed by atoms with Gasteiger partial charge in [-0.1, -0.05) is 47.5 Å². The van der Waals surface area contributed by atoms with E-state index in [1.807, 2.05) is 50.2 Å². The van der Waals surface area contributed by atoms with Crippen LogP contribution in [-0.4, -0.2) is 28.3 Å². The van der Waals surface area contributed by atoms with Crippen molar-refractivity contribution in [3.8, 4) is 0 Å². The number of hydrogen-bond donors (Lipinski definition) is 1. The lowest BCUT2D eigenvalue weighted by atomic mass is 10.1. The average molecular weight is 377 g/mol. The van der Waals surface area contributed by atoms with E-state index in [1.165, 1.54) is 6.07 Å². The SMILES string of the molecule is CCOC(=O)c1cc(NC(=O)c2ccc(C)cc2)n(Cc2ccc(C)cc2)n1. The second-order valence-corrected chi connectivity index (χ2v) is 6.60. The number of nitrogens with one attached hydrogen (secondary N) is 1. The lowest BCUT2D eigenvalue weighted by molar-refractivity contribution is 0.0518. The minimum absolute atomic E-state index is 0.160. The zero-order chi connectivity index (χ0) is 20.1. The molecular formula is C22H23N3O3. The van der Waals surface area contributed by atoms with Gasteiger partial charge in [0.2, 0.25) is 0 Å². The molecule has 0 saturated heterocycles. The molecule has 1 N–H and O–H groups in total. The number of esters is 1. The first-order valence-corrected chi connectivity index (χ1v) is 9.15. The van der Waals surface area contributed by atoms with E-state index < -0.39 is 5.97 Å². The smallest absolute Gasteiger partial charge is 0.358 e. The van der Waals surface area contributed by atoms with Gasteiger partial charge in [-0.2, -0.15) is 5.10 Å². The van der Waals surface area contributed by atoms with E-state index in [2.05, 4.69) is 10.4 Å². The Morgan fingerprint density at radius 2 is 1.61 bits per heavy atom. The molecule has 144 valence electrons. The van der Waals surface area contributed by atoms with Crippen molar-refractivity contribution in [3.05, 3.63) is 82.5 Å². The van der Waals surface area contributed by atoms with Gasteiger partial charge in [0.05, 0.1) is 13.2 Å².